The smallest absolute Gasteiger partial charge is 0.0248 e. The maximum Gasteiger partial charge on any atom is 0.0248 e. The van der Waals surface area contributed by atoms with Crippen LogP contribution in [0.1, 0.15) is 19.4 Å². The van der Waals surface area contributed by atoms with Crippen molar-refractivity contribution in [3.05, 3.63) is 24.0 Å². The second kappa shape index (κ2) is 3.54. The summed E-state index contributed by atoms with van der Waals surface area (Å²) < 4.78 is 0. The molecule has 1 saturated heterocycles. The van der Waals surface area contributed by atoms with Crippen molar-refractivity contribution in [2.45, 2.75) is 20.4 Å². The van der Waals surface area contributed by atoms with Gasteiger partial charge >= 0.3 is 0 Å². The summed E-state index contributed by atoms with van der Waals surface area (Å²) in [6.07, 6.45) is 4.09. The maximum absolute atomic E-state index is 3.10. The number of hydrogen-bond acceptors (Lipinski definition) is 1. The standard InChI is InChI=1S/C11H18N2/c1-9-6-13(7-10(9)2)8-11-3-4-12-5-11/h3-5,9-10,12H,6-8H2,1-2H3. The molecular weight excluding hydrogens is 160 g/mol. The van der Waals surface area contributed by atoms with Gasteiger partial charge in [-0.15, -0.1) is 0 Å². The van der Waals surface area contributed by atoms with Crippen molar-refractivity contribution in [3.63, 3.8) is 0 Å². The van der Waals surface area contributed by atoms with E-state index in [0.29, 0.717) is 0 Å². The number of nitrogens with one attached hydrogen (secondary N) is 1. The number of hydrogen-bond donors (Lipinski definition) is 1. The van der Waals surface area contributed by atoms with Gasteiger partial charge in [0.2, 0.25) is 0 Å². The highest BCUT2D eigenvalue weighted by Crippen LogP contribution is 2.23. The molecule has 2 unspecified atom stereocenters. The Hall–Kier alpha value is -0.760. The first-order valence-electron chi connectivity index (χ1n) is 5.09. The van der Waals surface area contributed by atoms with Crippen LogP contribution in [-0.2, 0) is 6.54 Å². The summed E-state index contributed by atoms with van der Waals surface area (Å²) in [6.45, 7) is 8.32. The van der Waals surface area contributed by atoms with E-state index in [1.54, 1.807) is 0 Å². The zero-order valence-corrected chi connectivity index (χ0v) is 8.46. The topological polar surface area (TPSA) is 19.0 Å². The van der Waals surface area contributed by atoms with Crippen LogP contribution in [-0.4, -0.2) is 23.0 Å². The number of rotatable bonds is 2. The Balaban J connectivity index is 1.91. The molecule has 1 aromatic heterocycles. The fourth-order valence-corrected chi connectivity index (χ4v) is 2.09. The lowest BCUT2D eigenvalue weighted by Gasteiger charge is -2.13. The molecule has 0 aromatic carbocycles. The SMILES string of the molecule is CC1CN(Cc2cc[nH]c2)CC1C. The summed E-state index contributed by atoms with van der Waals surface area (Å²) >= 11 is 0. The Labute approximate surface area is 79.9 Å². The number of aromatic nitrogens is 1. The number of aromatic amines is 1. The number of likely N-dealkylation sites (tertiary alicyclic amines) is 1. The van der Waals surface area contributed by atoms with Crippen molar-refractivity contribution >= 4 is 0 Å². The van der Waals surface area contributed by atoms with Crippen LogP contribution in [0.3, 0.4) is 0 Å². The highest BCUT2D eigenvalue weighted by atomic mass is 15.1. The van der Waals surface area contributed by atoms with Gasteiger partial charge < -0.3 is 4.98 Å². The van der Waals surface area contributed by atoms with Gasteiger partial charge in [-0.2, -0.15) is 0 Å². The minimum absolute atomic E-state index is 0.860. The Kier molecular flexibility index (Phi) is 2.40. The van der Waals surface area contributed by atoms with Crippen molar-refractivity contribution < 1.29 is 0 Å². The predicted molar refractivity (Wildman–Crippen MR) is 54.4 cm³/mol. The molecule has 0 spiro atoms. The van der Waals surface area contributed by atoms with E-state index in [-0.39, 0.29) is 0 Å². The van der Waals surface area contributed by atoms with E-state index in [0.717, 1.165) is 18.4 Å². The Morgan fingerprint density at radius 3 is 2.62 bits per heavy atom. The zero-order chi connectivity index (χ0) is 9.26. The van der Waals surface area contributed by atoms with Crippen LogP contribution in [0, 0.1) is 11.8 Å². The summed E-state index contributed by atoms with van der Waals surface area (Å²) in [5, 5.41) is 0. The fraction of sp³-hybridized carbons (Fsp3) is 0.636. The van der Waals surface area contributed by atoms with Gasteiger partial charge in [-0.25, -0.2) is 0 Å². The molecule has 1 fully saturated rings. The quantitative estimate of drug-likeness (QED) is 0.735. The molecule has 1 N–H and O–H groups in total. The van der Waals surface area contributed by atoms with E-state index in [9.17, 15) is 0 Å². The fourth-order valence-electron chi connectivity index (χ4n) is 2.09. The average Bonchev–Trinajstić information content (AvgIpc) is 2.64. The van der Waals surface area contributed by atoms with Gasteiger partial charge in [0.05, 0.1) is 0 Å². The van der Waals surface area contributed by atoms with Gasteiger partial charge in [0.25, 0.3) is 0 Å². The molecule has 1 aliphatic rings. The third-order valence-electron chi connectivity index (χ3n) is 3.13. The van der Waals surface area contributed by atoms with E-state index < -0.39 is 0 Å². The molecule has 2 heteroatoms. The van der Waals surface area contributed by atoms with Crippen molar-refractivity contribution in [2.75, 3.05) is 13.1 Å². The minimum Gasteiger partial charge on any atom is -0.367 e. The summed E-state index contributed by atoms with van der Waals surface area (Å²) in [7, 11) is 0. The number of H-pyrrole nitrogens is 1. The van der Waals surface area contributed by atoms with Crippen molar-refractivity contribution in [1.82, 2.24) is 9.88 Å². The summed E-state index contributed by atoms with van der Waals surface area (Å²) in [4.78, 5) is 5.64. The Morgan fingerprint density at radius 1 is 1.38 bits per heavy atom. The molecule has 2 atom stereocenters. The molecule has 0 amide bonds. The molecule has 0 radical (unpaired) electrons. The average molecular weight is 178 g/mol. The second-order valence-corrected chi connectivity index (χ2v) is 4.37. The zero-order valence-electron chi connectivity index (χ0n) is 8.46. The first-order valence-corrected chi connectivity index (χ1v) is 5.09. The molecular formula is C11H18N2. The molecule has 0 bridgehead atoms. The minimum atomic E-state index is 0.860. The number of nitrogens with zero attached hydrogens (tertiary/aromatic N) is 1. The lowest BCUT2D eigenvalue weighted by Crippen LogP contribution is -2.19. The predicted octanol–water partition coefficient (Wildman–Crippen LogP) is 2.10. The lowest BCUT2D eigenvalue weighted by atomic mass is 10.0. The third kappa shape index (κ3) is 1.94. The van der Waals surface area contributed by atoms with Crippen LogP contribution >= 0.6 is 0 Å². The second-order valence-electron chi connectivity index (χ2n) is 4.37. The third-order valence-corrected chi connectivity index (χ3v) is 3.13. The van der Waals surface area contributed by atoms with Crippen molar-refractivity contribution in [3.8, 4) is 0 Å². The maximum atomic E-state index is 3.10. The van der Waals surface area contributed by atoms with E-state index in [1.165, 1.54) is 18.7 Å². The summed E-state index contributed by atoms with van der Waals surface area (Å²) in [5.41, 5.74) is 1.40. The summed E-state index contributed by atoms with van der Waals surface area (Å²) in [6, 6.07) is 2.16. The molecule has 2 nitrogen and oxygen atoms in total. The highest BCUT2D eigenvalue weighted by Gasteiger charge is 2.25. The normalized spacial score (nSPS) is 29.7. The molecule has 2 heterocycles. The molecule has 1 aliphatic heterocycles. The van der Waals surface area contributed by atoms with Gasteiger partial charge in [0.15, 0.2) is 0 Å². The first-order chi connectivity index (χ1) is 6.25. The monoisotopic (exact) mass is 178 g/mol. The van der Waals surface area contributed by atoms with Crippen molar-refractivity contribution in [2.24, 2.45) is 11.8 Å². The van der Waals surface area contributed by atoms with E-state index >= 15 is 0 Å². The first kappa shape index (κ1) is 8.82. The molecule has 72 valence electrons. The van der Waals surface area contributed by atoms with Crippen LogP contribution in [0.4, 0.5) is 0 Å². The Morgan fingerprint density at radius 2 is 2.08 bits per heavy atom. The van der Waals surface area contributed by atoms with E-state index in [4.69, 9.17) is 0 Å². The molecule has 1 aromatic rings. The molecule has 2 rings (SSSR count). The van der Waals surface area contributed by atoms with Crippen LogP contribution in [0.25, 0.3) is 0 Å². The Bertz CT molecular complexity index is 243. The molecule has 13 heavy (non-hydrogen) atoms. The van der Waals surface area contributed by atoms with E-state index in [2.05, 4.69) is 36.0 Å². The van der Waals surface area contributed by atoms with Crippen LogP contribution < -0.4 is 0 Å². The van der Waals surface area contributed by atoms with Gasteiger partial charge in [-0.05, 0) is 23.5 Å². The summed E-state index contributed by atoms with van der Waals surface area (Å²) in [5.74, 6) is 1.72. The van der Waals surface area contributed by atoms with Gasteiger partial charge in [0, 0.05) is 32.0 Å². The lowest BCUT2D eigenvalue weighted by molar-refractivity contribution is 0.316. The van der Waals surface area contributed by atoms with Gasteiger partial charge in [-0.1, -0.05) is 13.8 Å². The van der Waals surface area contributed by atoms with Crippen LogP contribution in [0.15, 0.2) is 18.5 Å². The van der Waals surface area contributed by atoms with Gasteiger partial charge in [-0.3, -0.25) is 4.90 Å². The largest absolute Gasteiger partial charge is 0.367 e. The van der Waals surface area contributed by atoms with E-state index in [1.807, 2.05) is 6.20 Å². The van der Waals surface area contributed by atoms with Gasteiger partial charge in [0.1, 0.15) is 0 Å². The molecule has 0 aliphatic carbocycles. The highest BCUT2D eigenvalue weighted by molar-refractivity contribution is 5.08. The van der Waals surface area contributed by atoms with Crippen LogP contribution in [0.2, 0.25) is 0 Å². The van der Waals surface area contributed by atoms with Crippen LogP contribution in [0.5, 0.6) is 0 Å². The molecule has 0 saturated carbocycles. The van der Waals surface area contributed by atoms with Crippen molar-refractivity contribution in [1.29, 1.82) is 0 Å².